The fourth-order valence-corrected chi connectivity index (χ4v) is 4.84. The minimum absolute atomic E-state index is 0.0803. The van der Waals surface area contributed by atoms with Crippen LogP contribution in [0.2, 0.25) is 0 Å². The van der Waals surface area contributed by atoms with Crippen molar-refractivity contribution in [3.05, 3.63) is 71.6 Å². The monoisotopic (exact) mass is 496 g/mol. The molecule has 4 rings (SSSR count). The number of esters is 1. The molecule has 2 aromatic carbocycles. The summed E-state index contributed by atoms with van der Waals surface area (Å²) in [6.07, 6.45) is 1.45. The van der Waals surface area contributed by atoms with Gasteiger partial charge in [0.15, 0.2) is 0 Å². The molecule has 1 aromatic heterocycles. The van der Waals surface area contributed by atoms with Gasteiger partial charge in [-0.15, -0.1) is 6.58 Å². The highest BCUT2D eigenvalue weighted by Crippen LogP contribution is 2.25. The highest BCUT2D eigenvalue weighted by Gasteiger charge is 2.35. The molecule has 0 fully saturated rings. The molecule has 11 heteroatoms. The van der Waals surface area contributed by atoms with Gasteiger partial charge in [-0.3, -0.25) is 14.5 Å². The van der Waals surface area contributed by atoms with Crippen molar-refractivity contribution >= 4 is 38.8 Å². The number of rotatable bonds is 8. The topological polar surface area (TPSA) is 119 Å². The van der Waals surface area contributed by atoms with Crippen molar-refractivity contribution in [2.24, 2.45) is 0 Å². The zero-order valence-electron chi connectivity index (χ0n) is 19.5. The number of benzene rings is 2. The molecule has 1 aliphatic heterocycles. The van der Waals surface area contributed by atoms with Gasteiger partial charge in [0.2, 0.25) is 10.0 Å². The molecule has 0 saturated carbocycles. The molecule has 0 unspecified atom stereocenters. The van der Waals surface area contributed by atoms with E-state index < -0.39 is 27.8 Å². The minimum Gasteiger partial charge on any atom is -0.454 e. The maximum atomic E-state index is 12.7. The molecule has 10 nitrogen and oxygen atoms in total. The normalized spacial score (nSPS) is 13.5. The van der Waals surface area contributed by atoms with E-state index in [1.54, 1.807) is 6.07 Å². The highest BCUT2D eigenvalue weighted by molar-refractivity contribution is 7.89. The van der Waals surface area contributed by atoms with Gasteiger partial charge in [0.25, 0.3) is 11.8 Å². The third-order valence-electron chi connectivity index (χ3n) is 5.74. The number of imidazole rings is 1. The SMILES string of the molecule is C=CCN1C(=O)c2ccc(C(=O)OCc3nc4cc(S(=O)(=O)N(C)C)ccc4n3CC)cc2C1=O. The van der Waals surface area contributed by atoms with Crippen LogP contribution >= 0.6 is 0 Å². The van der Waals surface area contributed by atoms with Crippen LogP contribution in [0.3, 0.4) is 0 Å². The van der Waals surface area contributed by atoms with Crippen LogP contribution < -0.4 is 0 Å². The van der Waals surface area contributed by atoms with Crippen LogP contribution in [0.1, 0.15) is 43.8 Å². The number of hydrogen-bond donors (Lipinski definition) is 0. The fraction of sp³-hybridized carbons (Fsp3) is 0.250. The summed E-state index contributed by atoms with van der Waals surface area (Å²) in [6.45, 7) is 5.89. The molecule has 0 bridgehead atoms. The maximum absolute atomic E-state index is 12.7. The van der Waals surface area contributed by atoms with Crippen LogP contribution in [0.25, 0.3) is 11.0 Å². The number of carbonyl (C=O) groups excluding carboxylic acids is 3. The Morgan fingerprint density at radius 1 is 1.11 bits per heavy atom. The maximum Gasteiger partial charge on any atom is 0.338 e. The lowest BCUT2D eigenvalue weighted by molar-refractivity contribution is 0.0458. The van der Waals surface area contributed by atoms with Crippen molar-refractivity contribution in [1.82, 2.24) is 18.8 Å². The molecule has 2 amide bonds. The van der Waals surface area contributed by atoms with E-state index in [1.165, 1.54) is 50.5 Å². The first-order valence-corrected chi connectivity index (χ1v) is 12.2. The Bertz CT molecular complexity index is 1490. The predicted molar refractivity (Wildman–Crippen MR) is 127 cm³/mol. The van der Waals surface area contributed by atoms with Gasteiger partial charge in [-0.25, -0.2) is 22.5 Å². The summed E-state index contributed by atoms with van der Waals surface area (Å²) in [5, 5.41) is 0. The summed E-state index contributed by atoms with van der Waals surface area (Å²) in [7, 11) is -0.718. The quantitative estimate of drug-likeness (QED) is 0.267. The Morgan fingerprint density at radius 3 is 2.49 bits per heavy atom. The second kappa shape index (κ2) is 9.08. The second-order valence-electron chi connectivity index (χ2n) is 8.06. The van der Waals surface area contributed by atoms with Gasteiger partial charge in [-0.2, -0.15) is 0 Å². The number of fused-ring (bicyclic) bond motifs is 2. The van der Waals surface area contributed by atoms with Crippen molar-refractivity contribution in [2.75, 3.05) is 20.6 Å². The number of imide groups is 1. The van der Waals surface area contributed by atoms with E-state index in [1.807, 2.05) is 11.5 Å². The molecular formula is C24H24N4O6S. The van der Waals surface area contributed by atoms with Gasteiger partial charge in [0.1, 0.15) is 12.4 Å². The Kier molecular flexibility index (Phi) is 6.30. The molecule has 0 atom stereocenters. The zero-order chi connectivity index (χ0) is 25.5. The first-order valence-electron chi connectivity index (χ1n) is 10.8. The Labute approximate surface area is 202 Å². The first-order chi connectivity index (χ1) is 16.6. The van der Waals surface area contributed by atoms with E-state index in [0.29, 0.717) is 23.4 Å². The Balaban J connectivity index is 1.57. The number of sulfonamides is 1. The van der Waals surface area contributed by atoms with E-state index in [4.69, 9.17) is 4.74 Å². The minimum atomic E-state index is -3.62. The van der Waals surface area contributed by atoms with Gasteiger partial charge >= 0.3 is 5.97 Å². The van der Waals surface area contributed by atoms with Crippen molar-refractivity contribution in [3.63, 3.8) is 0 Å². The van der Waals surface area contributed by atoms with Gasteiger partial charge in [0, 0.05) is 27.2 Å². The molecule has 35 heavy (non-hydrogen) atoms. The summed E-state index contributed by atoms with van der Waals surface area (Å²) in [4.78, 5) is 43.2. The number of aromatic nitrogens is 2. The molecule has 0 spiro atoms. The molecule has 3 aromatic rings. The van der Waals surface area contributed by atoms with E-state index in [2.05, 4.69) is 11.6 Å². The van der Waals surface area contributed by atoms with Crippen molar-refractivity contribution in [2.45, 2.75) is 25.0 Å². The second-order valence-corrected chi connectivity index (χ2v) is 10.2. The largest absolute Gasteiger partial charge is 0.454 e. The fourth-order valence-electron chi connectivity index (χ4n) is 3.92. The average molecular weight is 497 g/mol. The van der Waals surface area contributed by atoms with Crippen molar-refractivity contribution in [3.8, 4) is 0 Å². The van der Waals surface area contributed by atoms with Gasteiger partial charge in [0.05, 0.1) is 32.6 Å². The van der Waals surface area contributed by atoms with Crippen LogP contribution in [0.15, 0.2) is 53.9 Å². The molecular weight excluding hydrogens is 472 g/mol. The number of ether oxygens (including phenoxy) is 1. The third-order valence-corrected chi connectivity index (χ3v) is 7.56. The molecule has 0 saturated heterocycles. The molecule has 1 aliphatic rings. The van der Waals surface area contributed by atoms with E-state index >= 15 is 0 Å². The summed E-state index contributed by atoms with van der Waals surface area (Å²) in [6, 6.07) is 8.89. The van der Waals surface area contributed by atoms with E-state index in [0.717, 1.165) is 9.21 Å². The lowest BCUT2D eigenvalue weighted by atomic mass is 10.1. The molecule has 0 aliphatic carbocycles. The van der Waals surface area contributed by atoms with Gasteiger partial charge in [-0.1, -0.05) is 6.08 Å². The van der Waals surface area contributed by atoms with Gasteiger partial charge in [-0.05, 0) is 43.3 Å². The zero-order valence-corrected chi connectivity index (χ0v) is 20.3. The highest BCUT2D eigenvalue weighted by atomic mass is 32.2. The lowest BCUT2D eigenvalue weighted by Gasteiger charge is -2.11. The Hall–Kier alpha value is -3.83. The average Bonchev–Trinajstić information content (AvgIpc) is 3.31. The third kappa shape index (κ3) is 4.13. The van der Waals surface area contributed by atoms with Crippen molar-refractivity contribution < 1.29 is 27.5 Å². The molecule has 2 heterocycles. The molecule has 182 valence electrons. The Morgan fingerprint density at radius 2 is 1.83 bits per heavy atom. The number of hydrogen-bond acceptors (Lipinski definition) is 7. The number of amides is 2. The van der Waals surface area contributed by atoms with E-state index in [9.17, 15) is 22.8 Å². The predicted octanol–water partition coefficient (Wildman–Crippen LogP) is 2.45. The molecule has 0 radical (unpaired) electrons. The smallest absolute Gasteiger partial charge is 0.338 e. The lowest BCUT2D eigenvalue weighted by Crippen LogP contribution is -2.29. The summed E-state index contributed by atoms with van der Waals surface area (Å²) < 4.78 is 33.3. The van der Waals surface area contributed by atoms with Crippen LogP contribution in [0, 0.1) is 0 Å². The number of carbonyl (C=O) groups is 3. The van der Waals surface area contributed by atoms with Crippen LogP contribution in [-0.2, 0) is 27.9 Å². The van der Waals surface area contributed by atoms with Crippen LogP contribution in [-0.4, -0.2) is 65.6 Å². The number of nitrogens with zero attached hydrogens (tertiary/aromatic N) is 4. The number of aryl methyl sites for hydroxylation is 1. The standard InChI is InChI=1S/C24H24N4O6S/c1-5-11-28-22(29)17-9-7-15(12-18(17)23(28)30)24(31)34-14-21-25-19-13-16(35(32,33)26(3)4)8-10-20(19)27(21)6-2/h5,7-10,12-13H,1,6,11,14H2,2-4H3. The van der Waals surface area contributed by atoms with Crippen LogP contribution in [0.5, 0.6) is 0 Å². The van der Waals surface area contributed by atoms with Crippen LogP contribution in [0.4, 0.5) is 0 Å². The van der Waals surface area contributed by atoms with Gasteiger partial charge < -0.3 is 9.30 Å². The van der Waals surface area contributed by atoms with E-state index in [-0.39, 0.29) is 34.7 Å². The van der Waals surface area contributed by atoms with Crippen molar-refractivity contribution in [1.29, 1.82) is 0 Å². The first kappa shape index (κ1) is 24.3. The summed E-state index contributed by atoms with van der Waals surface area (Å²) in [5.41, 5.74) is 1.67. The molecule has 0 N–H and O–H groups in total. The summed E-state index contributed by atoms with van der Waals surface area (Å²) in [5.74, 6) is -1.16. The summed E-state index contributed by atoms with van der Waals surface area (Å²) >= 11 is 0.